The zero-order chi connectivity index (χ0) is 20.9. The Bertz CT molecular complexity index is 1190. The van der Waals surface area contributed by atoms with Crippen molar-refractivity contribution in [1.29, 1.82) is 0 Å². The molecule has 4 N–H and O–H groups in total. The number of rotatable bonds is 8. The SMILES string of the molecule is NC(=O)c1cccc(Nc2ncc3ccn(CCCNC(=O)c4cccs4)c3n2)c1. The third-order valence-electron chi connectivity index (χ3n) is 4.51. The smallest absolute Gasteiger partial charge is 0.261 e. The van der Waals surface area contributed by atoms with Crippen LogP contribution in [0.4, 0.5) is 11.6 Å². The van der Waals surface area contributed by atoms with Crippen molar-refractivity contribution in [3.8, 4) is 0 Å². The van der Waals surface area contributed by atoms with E-state index in [1.54, 1.807) is 24.4 Å². The lowest BCUT2D eigenvalue weighted by Crippen LogP contribution is -2.24. The number of anilines is 2. The molecular formula is C21H20N6O2S. The van der Waals surface area contributed by atoms with E-state index in [2.05, 4.69) is 20.6 Å². The Morgan fingerprint density at radius 3 is 2.87 bits per heavy atom. The van der Waals surface area contributed by atoms with Crippen LogP contribution in [0.15, 0.2) is 60.2 Å². The second kappa shape index (κ2) is 8.75. The maximum atomic E-state index is 12.0. The standard InChI is InChI=1S/C21H20N6O2S/c22-18(28)14-4-1-5-16(12-14)25-21-24-13-15-7-10-27(19(15)26-21)9-3-8-23-20(29)17-6-2-11-30-17/h1-2,4-7,10-13H,3,8-9H2,(H2,22,28)(H,23,29)(H,24,25,26). The molecule has 8 nitrogen and oxygen atoms in total. The number of carbonyl (C=O) groups excluding carboxylic acids is 2. The number of hydrogen-bond acceptors (Lipinski definition) is 6. The molecule has 0 fully saturated rings. The van der Waals surface area contributed by atoms with Gasteiger partial charge in [-0.25, -0.2) is 4.98 Å². The van der Waals surface area contributed by atoms with Gasteiger partial charge in [-0.15, -0.1) is 11.3 Å². The Balaban J connectivity index is 1.41. The number of aromatic nitrogens is 3. The minimum atomic E-state index is -0.491. The van der Waals surface area contributed by atoms with E-state index in [1.807, 2.05) is 40.4 Å². The summed E-state index contributed by atoms with van der Waals surface area (Å²) in [6, 6.07) is 12.5. The maximum absolute atomic E-state index is 12.0. The van der Waals surface area contributed by atoms with Gasteiger partial charge < -0.3 is 20.9 Å². The molecule has 9 heteroatoms. The van der Waals surface area contributed by atoms with Crippen LogP contribution < -0.4 is 16.4 Å². The van der Waals surface area contributed by atoms with Crippen molar-refractivity contribution in [2.45, 2.75) is 13.0 Å². The Morgan fingerprint density at radius 2 is 2.07 bits per heavy atom. The normalized spacial score (nSPS) is 10.8. The summed E-state index contributed by atoms with van der Waals surface area (Å²) >= 11 is 1.43. The molecule has 3 aromatic heterocycles. The molecule has 4 aromatic rings. The van der Waals surface area contributed by atoms with Crippen LogP contribution in [0, 0.1) is 0 Å². The molecule has 2 amide bonds. The number of carbonyl (C=O) groups is 2. The second-order valence-corrected chi connectivity index (χ2v) is 7.59. The first-order valence-electron chi connectivity index (χ1n) is 9.40. The van der Waals surface area contributed by atoms with Crippen LogP contribution >= 0.6 is 11.3 Å². The number of nitrogens with zero attached hydrogens (tertiary/aromatic N) is 3. The summed E-state index contributed by atoms with van der Waals surface area (Å²) in [5.74, 6) is -0.112. The van der Waals surface area contributed by atoms with E-state index in [9.17, 15) is 9.59 Å². The molecule has 0 spiro atoms. The van der Waals surface area contributed by atoms with Crippen molar-refractivity contribution in [2.24, 2.45) is 5.73 Å². The van der Waals surface area contributed by atoms with Crippen LogP contribution in [0.2, 0.25) is 0 Å². The van der Waals surface area contributed by atoms with E-state index in [0.29, 0.717) is 35.2 Å². The van der Waals surface area contributed by atoms with Crippen LogP contribution in [0.5, 0.6) is 0 Å². The summed E-state index contributed by atoms with van der Waals surface area (Å²) in [7, 11) is 0. The summed E-state index contributed by atoms with van der Waals surface area (Å²) in [6.45, 7) is 1.29. The van der Waals surface area contributed by atoms with E-state index >= 15 is 0 Å². The first-order valence-corrected chi connectivity index (χ1v) is 10.3. The number of fused-ring (bicyclic) bond motifs is 1. The lowest BCUT2D eigenvalue weighted by molar-refractivity contribution is 0.0955. The topological polar surface area (TPSA) is 115 Å². The Labute approximate surface area is 176 Å². The first kappa shape index (κ1) is 19.6. The van der Waals surface area contributed by atoms with Crippen molar-refractivity contribution in [3.05, 3.63) is 70.7 Å². The Hall–Kier alpha value is -3.72. The van der Waals surface area contributed by atoms with Crippen LogP contribution in [-0.4, -0.2) is 32.9 Å². The van der Waals surface area contributed by atoms with Crippen molar-refractivity contribution in [2.75, 3.05) is 11.9 Å². The monoisotopic (exact) mass is 420 g/mol. The molecule has 0 aliphatic rings. The lowest BCUT2D eigenvalue weighted by atomic mass is 10.2. The molecule has 0 saturated heterocycles. The Morgan fingerprint density at radius 1 is 1.17 bits per heavy atom. The summed E-state index contributed by atoms with van der Waals surface area (Å²) in [4.78, 5) is 33.0. The highest BCUT2D eigenvalue weighted by molar-refractivity contribution is 7.12. The van der Waals surface area contributed by atoms with Crippen LogP contribution in [0.25, 0.3) is 11.0 Å². The summed E-state index contributed by atoms with van der Waals surface area (Å²) < 4.78 is 2.03. The van der Waals surface area contributed by atoms with Crippen molar-refractivity contribution >= 4 is 45.8 Å². The molecule has 30 heavy (non-hydrogen) atoms. The molecule has 0 aliphatic heterocycles. The van der Waals surface area contributed by atoms with Gasteiger partial charge in [0.2, 0.25) is 11.9 Å². The number of benzene rings is 1. The van der Waals surface area contributed by atoms with Crippen molar-refractivity contribution in [3.63, 3.8) is 0 Å². The van der Waals surface area contributed by atoms with Gasteiger partial charge in [0.1, 0.15) is 5.65 Å². The van der Waals surface area contributed by atoms with Crippen LogP contribution in [0.3, 0.4) is 0 Å². The van der Waals surface area contributed by atoms with E-state index in [0.717, 1.165) is 17.5 Å². The molecule has 152 valence electrons. The van der Waals surface area contributed by atoms with Crippen LogP contribution in [-0.2, 0) is 6.54 Å². The zero-order valence-electron chi connectivity index (χ0n) is 16.0. The van der Waals surface area contributed by atoms with Gasteiger partial charge in [0.15, 0.2) is 0 Å². The fraction of sp³-hybridized carbons (Fsp3) is 0.143. The third kappa shape index (κ3) is 4.47. The van der Waals surface area contributed by atoms with Gasteiger partial charge in [0.05, 0.1) is 4.88 Å². The molecule has 0 atom stereocenters. The van der Waals surface area contributed by atoms with Crippen LogP contribution in [0.1, 0.15) is 26.5 Å². The fourth-order valence-corrected chi connectivity index (χ4v) is 3.68. The maximum Gasteiger partial charge on any atom is 0.261 e. The molecule has 3 heterocycles. The molecule has 0 unspecified atom stereocenters. The highest BCUT2D eigenvalue weighted by atomic mass is 32.1. The van der Waals surface area contributed by atoms with Gasteiger partial charge >= 0.3 is 0 Å². The minimum Gasteiger partial charge on any atom is -0.366 e. The van der Waals surface area contributed by atoms with Crippen molar-refractivity contribution in [1.82, 2.24) is 19.9 Å². The largest absolute Gasteiger partial charge is 0.366 e. The molecule has 0 bridgehead atoms. The number of nitrogens with two attached hydrogens (primary N) is 1. The van der Waals surface area contributed by atoms with Gasteiger partial charge in [-0.05, 0) is 42.1 Å². The molecule has 4 rings (SSSR count). The highest BCUT2D eigenvalue weighted by Crippen LogP contribution is 2.19. The quantitative estimate of drug-likeness (QED) is 0.379. The van der Waals surface area contributed by atoms with Gasteiger partial charge in [-0.2, -0.15) is 4.98 Å². The lowest BCUT2D eigenvalue weighted by Gasteiger charge is -2.08. The van der Waals surface area contributed by atoms with Gasteiger partial charge in [-0.3, -0.25) is 9.59 Å². The number of hydrogen-bond donors (Lipinski definition) is 3. The predicted octanol–water partition coefficient (Wildman–Crippen LogP) is 3.16. The molecular weight excluding hydrogens is 400 g/mol. The third-order valence-corrected chi connectivity index (χ3v) is 5.38. The van der Waals surface area contributed by atoms with Crippen molar-refractivity contribution < 1.29 is 9.59 Å². The highest BCUT2D eigenvalue weighted by Gasteiger charge is 2.08. The molecule has 0 saturated carbocycles. The zero-order valence-corrected chi connectivity index (χ0v) is 16.9. The number of amides is 2. The fourth-order valence-electron chi connectivity index (χ4n) is 3.04. The summed E-state index contributed by atoms with van der Waals surface area (Å²) in [5, 5.41) is 8.85. The Kier molecular flexibility index (Phi) is 5.71. The minimum absolute atomic E-state index is 0.0469. The second-order valence-electron chi connectivity index (χ2n) is 6.64. The summed E-state index contributed by atoms with van der Waals surface area (Å²) in [5.41, 5.74) is 7.22. The first-order chi connectivity index (χ1) is 14.6. The number of aryl methyl sites for hydroxylation is 1. The molecule has 0 radical (unpaired) electrons. The van der Waals surface area contributed by atoms with Gasteiger partial charge in [-0.1, -0.05) is 12.1 Å². The number of nitrogens with one attached hydrogen (secondary N) is 2. The average molecular weight is 420 g/mol. The van der Waals surface area contributed by atoms with E-state index in [-0.39, 0.29) is 5.91 Å². The summed E-state index contributed by atoms with van der Waals surface area (Å²) in [6.07, 6.45) is 4.48. The number of thiophene rings is 1. The number of primary amides is 1. The average Bonchev–Trinajstić information content (AvgIpc) is 3.41. The van der Waals surface area contributed by atoms with Gasteiger partial charge in [0.25, 0.3) is 5.91 Å². The predicted molar refractivity (Wildman–Crippen MR) is 117 cm³/mol. The van der Waals surface area contributed by atoms with Gasteiger partial charge in [0, 0.05) is 42.1 Å². The van der Waals surface area contributed by atoms with E-state index < -0.39 is 5.91 Å². The van der Waals surface area contributed by atoms with E-state index in [1.165, 1.54) is 11.3 Å². The molecule has 0 aliphatic carbocycles. The molecule has 1 aromatic carbocycles. The van der Waals surface area contributed by atoms with E-state index in [4.69, 9.17) is 5.73 Å².